The van der Waals surface area contributed by atoms with E-state index in [1.807, 2.05) is 55.5 Å². The maximum atomic E-state index is 13.4. The standard InChI is InChI=1S/C23H16ClF3N2S/c1-2-5-15-8-10-16(11-9-15)20-12-13-21(30-20)19-14-22(23(25,26)27)28-29(19)18-7-4-3-6-17(18)24/h2-14H,1H3/b5-2+. The van der Waals surface area contributed by atoms with E-state index in [4.69, 9.17) is 11.6 Å². The highest BCUT2D eigenvalue weighted by atomic mass is 35.5. The van der Waals surface area contributed by atoms with Crippen LogP contribution < -0.4 is 0 Å². The third-order valence-corrected chi connectivity index (χ3v) is 5.97. The molecule has 0 saturated carbocycles. The van der Waals surface area contributed by atoms with Gasteiger partial charge in [-0.3, -0.25) is 0 Å². The van der Waals surface area contributed by atoms with Crippen LogP contribution in [0.25, 0.3) is 32.8 Å². The van der Waals surface area contributed by atoms with E-state index in [0.717, 1.165) is 22.1 Å². The molecule has 0 atom stereocenters. The van der Waals surface area contributed by atoms with Crippen LogP contribution in [-0.2, 0) is 6.18 Å². The lowest BCUT2D eigenvalue weighted by Crippen LogP contribution is -2.07. The van der Waals surface area contributed by atoms with Crippen molar-refractivity contribution in [3.8, 4) is 26.7 Å². The predicted molar refractivity (Wildman–Crippen MR) is 117 cm³/mol. The molecule has 0 amide bonds. The van der Waals surface area contributed by atoms with Gasteiger partial charge >= 0.3 is 6.18 Å². The molecule has 0 spiro atoms. The summed E-state index contributed by atoms with van der Waals surface area (Å²) in [5.41, 5.74) is 1.87. The molecular formula is C23H16ClF3N2S. The van der Waals surface area contributed by atoms with Crippen LogP contribution in [0.1, 0.15) is 18.2 Å². The minimum atomic E-state index is -4.55. The largest absolute Gasteiger partial charge is 0.435 e. The molecular weight excluding hydrogens is 429 g/mol. The number of thiophene rings is 1. The van der Waals surface area contributed by atoms with Crippen LogP contribution in [0.3, 0.4) is 0 Å². The number of hydrogen-bond acceptors (Lipinski definition) is 2. The quantitative estimate of drug-likeness (QED) is 0.312. The molecule has 4 rings (SSSR count). The Balaban J connectivity index is 1.79. The fraction of sp³-hybridized carbons (Fsp3) is 0.0870. The number of allylic oxidation sites excluding steroid dienone is 1. The second-order valence-corrected chi connectivity index (χ2v) is 8.05. The molecule has 0 N–H and O–H groups in total. The van der Waals surface area contributed by atoms with E-state index in [-0.39, 0.29) is 0 Å². The number of nitrogens with zero attached hydrogens (tertiary/aromatic N) is 2. The zero-order valence-electron chi connectivity index (χ0n) is 15.8. The van der Waals surface area contributed by atoms with Crippen LogP contribution in [-0.4, -0.2) is 9.78 Å². The highest BCUT2D eigenvalue weighted by Gasteiger charge is 2.35. The maximum absolute atomic E-state index is 13.4. The molecule has 0 aliphatic heterocycles. The van der Waals surface area contributed by atoms with Crippen molar-refractivity contribution in [3.63, 3.8) is 0 Å². The Kier molecular flexibility index (Phi) is 5.54. The van der Waals surface area contributed by atoms with Gasteiger partial charge < -0.3 is 0 Å². The first-order valence-corrected chi connectivity index (χ1v) is 10.3. The molecule has 2 aromatic heterocycles. The van der Waals surface area contributed by atoms with Crippen LogP contribution in [0.4, 0.5) is 13.2 Å². The summed E-state index contributed by atoms with van der Waals surface area (Å²) in [4.78, 5) is 1.63. The van der Waals surface area contributed by atoms with Crippen LogP contribution in [0.2, 0.25) is 5.02 Å². The molecule has 0 aliphatic rings. The molecule has 0 saturated heterocycles. The summed E-state index contributed by atoms with van der Waals surface area (Å²) in [6, 6.07) is 19.5. The number of alkyl halides is 3. The first-order chi connectivity index (χ1) is 14.4. The molecule has 2 aromatic carbocycles. The Bertz CT molecular complexity index is 1200. The first kappa shape index (κ1) is 20.4. The fourth-order valence-electron chi connectivity index (χ4n) is 3.08. The molecule has 0 unspecified atom stereocenters. The third-order valence-electron chi connectivity index (χ3n) is 4.49. The molecule has 0 fully saturated rings. The Morgan fingerprint density at radius 2 is 1.67 bits per heavy atom. The number of hydrogen-bond donors (Lipinski definition) is 0. The molecule has 2 heterocycles. The Hall–Kier alpha value is -2.83. The lowest BCUT2D eigenvalue weighted by molar-refractivity contribution is -0.141. The van der Waals surface area contributed by atoms with Gasteiger partial charge in [-0.15, -0.1) is 11.3 Å². The molecule has 0 bridgehead atoms. The monoisotopic (exact) mass is 444 g/mol. The number of rotatable bonds is 4. The van der Waals surface area contributed by atoms with Gasteiger partial charge in [0.1, 0.15) is 0 Å². The minimum Gasteiger partial charge on any atom is -0.230 e. The van der Waals surface area contributed by atoms with Gasteiger partial charge in [0.2, 0.25) is 0 Å². The average molecular weight is 445 g/mol. The van der Waals surface area contributed by atoms with Gasteiger partial charge in [-0.05, 0) is 48.4 Å². The van der Waals surface area contributed by atoms with Gasteiger partial charge in [0.25, 0.3) is 0 Å². The SMILES string of the molecule is C/C=C/c1ccc(-c2ccc(-c3cc(C(F)(F)F)nn3-c3ccccc3Cl)s2)cc1. The predicted octanol–water partition coefficient (Wildman–Crippen LogP) is 7.97. The zero-order valence-corrected chi connectivity index (χ0v) is 17.4. The van der Waals surface area contributed by atoms with Crippen molar-refractivity contribution in [1.82, 2.24) is 9.78 Å². The normalized spacial score (nSPS) is 12.0. The number of halogens is 4. The minimum absolute atomic E-state index is 0.326. The summed E-state index contributed by atoms with van der Waals surface area (Å²) in [5, 5.41) is 4.14. The van der Waals surface area contributed by atoms with E-state index in [1.165, 1.54) is 16.0 Å². The van der Waals surface area contributed by atoms with Crippen LogP contribution in [0, 0.1) is 0 Å². The smallest absolute Gasteiger partial charge is 0.230 e. The van der Waals surface area contributed by atoms with Crippen molar-refractivity contribution in [2.75, 3.05) is 0 Å². The molecule has 30 heavy (non-hydrogen) atoms. The van der Waals surface area contributed by atoms with E-state index in [1.54, 1.807) is 24.3 Å². The highest BCUT2D eigenvalue weighted by molar-refractivity contribution is 7.18. The van der Waals surface area contributed by atoms with Gasteiger partial charge in [-0.2, -0.15) is 18.3 Å². The van der Waals surface area contributed by atoms with Crippen LogP contribution in [0.15, 0.2) is 72.8 Å². The van der Waals surface area contributed by atoms with E-state index in [2.05, 4.69) is 5.10 Å². The summed E-state index contributed by atoms with van der Waals surface area (Å²) in [7, 11) is 0. The molecule has 152 valence electrons. The summed E-state index contributed by atoms with van der Waals surface area (Å²) in [5.74, 6) is 0. The molecule has 2 nitrogen and oxygen atoms in total. The summed E-state index contributed by atoms with van der Waals surface area (Å²) in [6.45, 7) is 1.96. The van der Waals surface area contributed by atoms with Crippen molar-refractivity contribution >= 4 is 29.0 Å². The van der Waals surface area contributed by atoms with Crippen molar-refractivity contribution in [3.05, 3.63) is 89.1 Å². The Labute approximate surface area is 180 Å². The first-order valence-electron chi connectivity index (χ1n) is 9.12. The topological polar surface area (TPSA) is 17.8 Å². The second kappa shape index (κ2) is 8.13. The van der Waals surface area contributed by atoms with Crippen molar-refractivity contribution < 1.29 is 13.2 Å². The van der Waals surface area contributed by atoms with E-state index >= 15 is 0 Å². The Morgan fingerprint density at radius 3 is 2.33 bits per heavy atom. The summed E-state index contributed by atoms with van der Waals surface area (Å²) < 4.78 is 41.4. The third kappa shape index (κ3) is 4.06. The fourth-order valence-corrected chi connectivity index (χ4v) is 4.31. The zero-order chi connectivity index (χ0) is 21.3. The number of para-hydroxylation sites is 1. The lowest BCUT2D eigenvalue weighted by atomic mass is 10.1. The molecule has 7 heteroatoms. The van der Waals surface area contributed by atoms with E-state index in [9.17, 15) is 13.2 Å². The highest BCUT2D eigenvalue weighted by Crippen LogP contribution is 2.39. The van der Waals surface area contributed by atoms with E-state index < -0.39 is 11.9 Å². The van der Waals surface area contributed by atoms with Gasteiger partial charge in [0.15, 0.2) is 5.69 Å². The van der Waals surface area contributed by atoms with Gasteiger partial charge in [-0.1, -0.05) is 60.2 Å². The number of aromatic nitrogens is 2. The lowest BCUT2D eigenvalue weighted by Gasteiger charge is -2.08. The molecule has 4 aromatic rings. The molecule has 0 aliphatic carbocycles. The summed E-state index contributed by atoms with van der Waals surface area (Å²) in [6.07, 6.45) is -0.583. The van der Waals surface area contributed by atoms with Gasteiger partial charge in [0, 0.05) is 4.88 Å². The molecule has 0 radical (unpaired) electrons. The van der Waals surface area contributed by atoms with Crippen molar-refractivity contribution in [2.24, 2.45) is 0 Å². The van der Waals surface area contributed by atoms with Crippen molar-refractivity contribution in [1.29, 1.82) is 0 Å². The summed E-state index contributed by atoms with van der Waals surface area (Å²) >= 11 is 7.65. The van der Waals surface area contributed by atoms with E-state index in [0.29, 0.717) is 21.3 Å². The average Bonchev–Trinajstić information content (AvgIpc) is 3.36. The second-order valence-electron chi connectivity index (χ2n) is 6.56. The van der Waals surface area contributed by atoms with Gasteiger partial charge in [-0.25, -0.2) is 4.68 Å². The van der Waals surface area contributed by atoms with Crippen molar-refractivity contribution in [2.45, 2.75) is 13.1 Å². The van der Waals surface area contributed by atoms with Crippen LogP contribution >= 0.6 is 22.9 Å². The Morgan fingerprint density at radius 1 is 0.967 bits per heavy atom. The number of benzene rings is 2. The maximum Gasteiger partial charge on any atom is 0.435 e. The van der Waals surface area contributed by atoms with Gasteiger partial charge in [0.05, 0.1) is 21.3 Å². The van der Waals surface area contributed by atoms with Crippen LogP contribution in [0.5, 0.6) is 0 Å².